The number of hydrogen-bond donors (Lipinski definition) is 1. The van der Waals surface area contributed by atoms with E-state index < -0.39 is 22.5 Å². The van der Waals surface area contributed by atoms with Gasteiger partial charge >= 0.3 is 11.7 Å². The first-order valence-corrected chi connectivity index (χ1v) is 8.36. The van der Waals surface area contributed by atoms with Crippen molar-refractivity contribution in [2.24, 2.45) is 0 Å². The fourth-order valence-corrected chi connectivity index (χ4v) is 3.73. The van der Waals surface area contributed by atoms with Crippen LogP contribution in [0.2, 0.25) is 0 Å². The van der Waals surface area contributed by atoms with Crippen molar-refractivity contribution in [3.63, 3.8) is 0 Å². The maximum Gasteiger partial charge on any atom is 0.401 e. The van der Waals surface area contributed by atoms with Gasteiger partial charge in [-0.25, -0.2) is 4.79 Å². The molecule has 0 bridgehead atoms. The number of rotatable bonds is 4. The summed E-state index contributed by atoms with van der Waals surface area (Å²) in [5, 5.41) is 22.1. The second kappa shape index (κ2) is 6.25. The summed E-state index contributed by atoms with van der Waals surface area (Å²) in [6.45, 7) is 0. The van der Waals surface area contributed by atoms with E-state index in [1.807, 2.05) is 6.07 Å². The average Bonchev–Trinajstić information content (AvgIpc) is 3.05. The van der Waals surface area contributed by atoms with Gasteiger partial charge in [-0.3, -0.25) is 10.1 Å². The van der Waals surface area contributed by atoms with Crippen LogP contribution in [0.5, 0.6) is 5.75 Å². The predicted molar refractivity (Wildman–Crippen MR) is 97.4 cm³/mol. The minimum Gasteiger partial charge on any atom is -0.478 e. The lowest BCUT2D eigenvalue weighted by Gasteiger charge is -2.27. The van der Waals surface area contributed by atoms with Crippen LogP contribution in [0, 0.1) is 10.1 Å². The molecule has 3 aromatic rings. The summed E-state index contributed by atoms with van der Waals surface area (Å²) < 4.78 is 5.94. The Bertz CT molecular complexity index is 1030. The molecule has 3 aromatic carbocycles. The maximum atomic E-state index is 12.4. The monoisotopic (exact) mass is 361 g/mol. The number of hydrogen-bond acceptors (Lipinski definition) is 4. The first-order valence-electron chi connectivity index (χ1n) is 8.36. The Kier molecular flexibility index (Phi) is 3.88. The highest BCUT2D eigenvalue weighted by atomic mass is 16.7. The minimum atomic E-state index is -2.07. The molecule has 0 aliphatic carbocycles. The Morgan fingerprint density at radius 3 is 2.30 bits per heavy atom. The van der Waals surface area contributed by atoms with Crippen LogP contribution in [0.4, 0.5) is 0 Å². The van der Waals surface area contributed by atoms with Crippen molar-refractivity contribution in [2.45, 2.75) is 11.6 Å². The lowest BCUT2D eigenvalue weighted by atomic mass is 9.79. The molecule has 6 nitrogen and oxygen atoms in total. The summed E-state index contributed by atoms with van der Waals surface area (Å²) >= 11 is 0. The number of carbonyl (C=O) groups is 1. The van der Waals surface area contributed by atoms with E-state index in [-0.39, 0.29) is 11.1 Å². The number of fused-ring (bicyclic) bond motifs is 1. The normalized spacial score (nSPS) is 20.5. The quantitative estimate of drug-likeness (QED) is 0.559. The highest BCUT2D eigenvalue weighted by molar-refractivity contribution is 5.90. The predicted octanol–water partition coefficient (Wildman–Crippen LogP) is 4.04. The van der Waals surface area contributed by atoms with Crippen molar-refractivity contribution in [1.82, 2.24) is 0 Å². The Morgan fingerprint density at radius 2 is 1.59 bits per heavy atom. The number of ether oxygens (including phenoxy) is 1. The number of para-hydroxylation sites is 1. The molecule has 1 aliphatic rings. The molecule has 4 rings (SSSR count). The second-order valence-corrected chi connectivity index (χ2v) is 6.29. The molecule has 0 saturated heterocycles. The van der Waals surface area contributed by atoms with Crippen LogP contribution in [-0.4, -0.2) is 16.0 Å². The number of nitrogens with zero attached hydrogens (tertiary/aromatic N) is 1. The lowest BCUT2D eigenvalue weighted by molar-refractivity contribution is -0.627. The third-order valence-electron chi connectivity index (χ3n) is 4.83. The highest BCUT2D eigenvalue weighted by Gasteiger charge is 2.62. The van der Waals surface area contributed by atoms with E-state index in [1.54, 1.807) is 60.7 Å². The molecule has 0 aromatic heterocycles. The van der Waals surface area contributed by atoms with Gasteiger partial charge in [-0.05, 0) is 23.8 Å². The summed E-state index contributed by atoms with van der Waals surface area (Å²) in [5.74, 6) is -1.65. The molecule has 0 fully saturated rings. The Hall–Kier alpha value is -3.67. The third-order valence-corrected chi connectivity index (χ3v) is 4.83. The van der Waals surface area contributed by atoms with Gasteiger partial charge in [0.05, 0.1) is 16.1 Å². The molecule has 27 heavy (non-hydrogen) atoms. The summed E-state index contributed by atoms with van der Waals surface area (Å²) in [7, 11) is 0. The molecule has 1 heterocycles. The van der Waals surface area contributed by atoms with E-state index in [0.717, 1.165) is 0 Å². The van der Waals surface area contributed by atoms with Crippen LogP contribution in [0.25, 0.3) is 0 Å². The van der Waals surface area contributed by atoms with E-state index >= 15 is 0 Å². The van der Waals surface area contributed by atoms with Crippen molar-refractivity contribution < 1.29 is 19.6 Å². The van der Waals surface area contributed by atoms with Crippen LogP contribution in [0.1, 0.15) is 33.0 Å². The average molecular weight is 361 g/mol. The van der Waals surface area contributed by atoms with Gasteiger partial charge in [-0.15, -0.1) is 0 Å². The van der Waals surface area contributed by atoms with Crippen molar-refractivity contribution in [1.29, 1.82) is 0 Å². The van der Waals surface area contributed by atoms with Crippen LogP contribution in [-0.2, 0) is 5.72 Å². The molecule has 2 atom stereocenters. The van der Waals surface area contributed by atoms with Gasteiger partial charge in [-0.1, -0.05) is 60.7 Å². The van der Waals surface area contributed by atoms with Gasteiger partial charge in [0.15, 0.2) is 0 Å². The van der Waals surface area contributed by atoms with E-state index in [1.165, 1.54) is 12.1 Å². The fraction of sp³-hybridized carbons (Fsp3) is 0.0952. The molecular formula is C21H15NO5. The van der Waals surface area contributed by atoms with Gasteiger partial charge in [0.25, 0.3) is 0 Å². The SMILES string of the molecule is O=C(O)c1ccccc1C1([N+](=O)[O-])Oc2ccccc2C1c1ccccc1. The standard InChI is InChI=1S/C21H15NO5/c23-20(24)15-10-4-6-12-17(15)21(22(25)26)19(14-8-2-1-3-9-14)16-11-5-7-13-18(16)27-21/h1-13,19H,(H,23,24). The number of carboxylic acids is 1. The van der Waals surface area contributed by atoms with Crippen LogP contribution >= 0.6 is 0 Å². The van der Waals surface area contributed by atoms with E-state index in [9.17, 15) is 20.0 Å². The van der Waals surface area contributed by atoms with Crippen LogP contribution in [0.15, 0.2) is 78.9 Å². The van der Waals surface area contributed by atoms with Crippen molar-refractivity contribution in [3.05, 3.63) is 111 Å². The molecular weight excluding hydrogens is 346 g/mol. The molecule has 1 aliphatic heterocycles. The van der Waals surface area contributed by atoms with Gasteiger partial charge in [0, 0.05) is 5.56 Å². The Labute approximate surface area is 154 Å². The summed E-state index contributed by atoms with van der Waals surface area (Å²) in [6, 6.07) is 21.9. The van der Waals surface area contributed by atoms with Crippen molar-refractivity contribution >= 4 is 5.97 Å². The van der Waals surface area contributed by atoms with E-state index in [2.05, 4.69) is 0 Å². The van der Waals surface area contributed by atoms with Gasteiger partial charge < -0.3 is 9.84 Å². The van der Waals surface area contributed by atoms with E-state index in [0.29, 0.717) is 16.9 Å². The maximum absolute atomic E-state index is 12.4. The summed E-state index contributed by atoms with van der Waals surface area (Å²) in [6.07, 6.45) is 0. The van der Waals surface area contributed by atoms with Crippen molar-refractivity contribution in [3.8, 4) is 5.75 Å². The van der Waals surface area contributed by atoms with Gasteiger partial charge in [-0.2, -0.15) is 0 Å². The molecule has 0 saturated carbocycles. The largest absolute Gasteiger partial charge is 0.478 e. The highest BCUT2D eigenvalue weighted by Crippen LogP contribution is 2.54. The molecule has 134 valence electrons. The number of nitro groups is 1. The Morgan fingerprint density at radius 1 is 0.963 bits per heavy atom. The van der Waals surface area contributed by atoms with Crippen LogP contribution in [0.3, 0.4) is 0 Å². The molecule has 1 N–H and O–H groups in total. The molecule has 0 spiro atoms. The Balaban J connectivity index is 2.06. The zero-order valence-corrected chi connectivity index (χ0v) is 14.1. The summed E-state index contributed by atoms with van der Waals surface area (Å²) in [5.41, 5.74) is -0.865. The zero-order valence-electron chi connectivity index (χ0n) is 14.1. The first-order chi connectivity index (χ1) is 13.1. The lowest BCUT2D eigenvalue weighted by Crippen LogP contribution is -2.44. The topological polar surface area (TPSA) is 89.7 Å². The number of aromatic carboxylic acids is 1. The van der Waals surface area contributed by atoms with Crippen molar-refractivity contribution in [2.75, 3.05) is 0 Å². The summed E-state index contributed by atoms with van der Waals surface area (Å²) in [4.78, 5) is 23.7. The molecule has 0 amide bonds. The van der Waals surface area contributed by atoms with Crippen LogP contribution < -0.4 is 4.74 Å². The number of benzene rings is 3. The molecule has 2 unspecified atom stereocenters. The number of carboxylic acid groups (broad SMARTS) is 1. The second-order valence-electron chi connectivity index (χ2n) is 6.29. The smallest absolute Gasteiger partial charge is 0.401 e. The first kappa shape index (κ1) is 16.8. The van der Waals surface area contributed by atoms with Gasteiger partial charge in [0.1, 0.15) is 11.7 Å². The molecule has 6 heteroatoms. The van der Waals surface area contributed by atoms with Gasteiger partial charge in [0.2, 0.25) is 0 Å². The zero-order chi connectivity index (χ0) is 19.0. The van der Waals surface area contributed by atoms with E-state index in [4.69, 9.17) is 4.74 Å². The molecule has 0 radical (unpaired) electrons. The third kappa shape index (κ3) is 2.45. The minimum absolute atomic E-state index is 0.0209. The fourth-order valence-electron chi connectivity index (χ4n) is 3.73.